The van der Waals surface area contributed by atoms with Gasteiger partial charge < -0.3 is 0 Å². The molecule has 2 heterocycles. The molecule has 0 unspecified atom stereocenters. The Hall–Kier alpha value is -3.61. The highest BCUT2D eigenvalue weighted by atomic mass is 15.6. The minimum absolute atomic E-state index is 0.0130. The van der Waals surface area contributed by atoms with E-state index in [1.54, 1.807) is 0 Å². The number of hydrogen-bond acceptors (Lipinski definition) is 5. The Kier molecular flexibility index (Phi) is 7.35. The van der Waals surface area contributed by atoms with E-state index in [2.05, 4.69) is 131 Å². The molecule has 1 aliphatic rings. The number of piperazine rings is 1. The number of nitrogens with zero attached hydrogens (tertiary/aromatic N) is 6. The zero-order valence-electron chi connectivity index (χ0n) is 21.4. The van der Waals surface area contributed by atoms with Crippen molar-refractivity contribution in [3.05, 3.63) is 113 Å². The van der Waals surface area contributed by atoms with E-state index in [4.69, 9.17) is 0 Å². The quantitative estimate of drug-likeness (QED) is 0.374. The SMILES string of the molecule is Cc1cccc([C@@H](c2nnnn2-c2c(C)cccc2C)N2CCN(C/C=C/c3ccccc3)CC2)c1. The molecule has 0 amide bonds. The van der Waals surface area contributed by atoms with E-state index >= 15 is 0 Å². The van der Waals surface area contributed by atoms with Crippen LogP contribution in [0.1, 0.15) is 39.7 Å². The van der Waals surface area contributed by atoms with Crippen molar-refractivity contribution in [2.45, 2.75) is 26.8 Å². The average Bonchev–Trinajstić information content (AvgIpc) is 3.34. The van der Waals surface area contributed by atoms with Crippen molar-refractivity contribution in [3.8, 4) is 5.69 Å². The molecule has 184 valence electrons. The highest BCUT2D eigenvalue weighted by Gasteiger charge is 2.31. The fourth-order valence-electron chi connectivity index (χ4n) is 5.13. The molecule has 0 bridgehead atoms. The van der Waals surface area contributed by atoms with Gasteiger partial charge in [-0.2, -0.15) is 4.68 Å². The van der Waals surface area contributed by atoms with Crippen molar-refractivity contribution in [3.63, 3.8) is 0 Å². The summed E-state index contributed by atoms with van der Waals surface area (Å²) in [5.74, 6) is 0.871. The van der Waals surface area contributed by atoms with E-state index in [1.165, 1.54) is 27.8 Å². The number of aryl methyl sites for hydroxylation is 3. The first-order valence-electron chi connectivity index (χ1n) is 12.7. The minimum atomic E-state index is -0.0130. The van der Waals surface area contributed by atoms with Gasteiger partial charge in [0.1, 0.15) is 0 Å². The second-order valence-corrected chi connectivity index (χ2v) is 9.66. The van der Waals surface area contributed by atoms with Crippen molar-refractivity contribution in [2.24, 2.45) is 0 Å². The molecule has 0 saturated carbocycles. The van der Waals surface area contributed by atoms with Gasteiger partial charge in [0.25, 0.3) is 0 Å². The number of hydrogen-bond donors (Lipinski definition) is 0. The third-order valence-electron chi connectivity index (χ3n) is 6.99. The maximum absolute atomic E-state index is 4.59. The standard InChI is InChI=1S/C30H34N6/c1-23-10-7-16-27(22-23)29(30-31-32-33-36(30)28-24(2)11-8-12-25(28)3)35-20-18-34(19-21-35)17-9-15-26-13-5-4-6-14-26/h4-16,22,29H,17-21H2,1-3H3/b15-9+/t29-/m0/s1. The molecule has 1 atom stereocenters. The maximum Gasteiger partial charge on any atom is 0.178 e. The highest BCUT2D eigenvalue weighted by Crippen LogP contribution is 2.31. The zero-order valence-corrected chi connectivity index (χ0v) is 21.4. The van der Waals surface area contributed by atoms with Crippen LogP contribution >= 0.6 is 0 Å². The second kappa shape index (κ2) is 11.0. The molecular weight excluding hydrogens is 444 g/mol. The Morgan fingerprint density at radius 1 is 0.833 bits per heavy atom. The summed E-state index contributed by atoms with van der Waals surface area (Å²) in [6.45, 7) is 11.3. The van der Waals surface area contributed by atoms with Gasteiger partial charge in [0.15, 0.2) is 5.82 Å². The molecule has 6 nitrogen and oxygen atoms in total. The smallest absolute Gasteiger partial charge is 0.178 e. The summed E-state index contributed by atoms with van der Waals surface area (Å²) in [5, 5.41) is 13.2. The van der Waals surface area contributed by atoms with Crippen LogP contribution in [-0.2, 0) is 0 Å². The highest BCUT2D eigenvalue weighted by molar-refractivity contribution is 5.49. The Morgan fingerprint density at radius 2 is 1.56 bits per heavy atom. The van der Waals surface area contributed by atoms with Gasteiger partial charge >= 0.3 is 0 Å². The minimum Gasteiger partial charge on any atom is -0.297 e. The van der Waals surface area contributed by atoms with Crippen LogP contribution in [-0.4, -0.2) is 62.7 Å². The number of tetrazole rings is 1. The predicted octanol–water partition coefficient (Wildman–Crippen LogP) is 5.01. The third kappa shape index (κ3) is 5.30. The molecule has 1 aromatic heterocycles. The number of benzene rings is 3. The maximum atomic E-state index is 4.59. The lowest BCUT2D eigenvalue weighted by Gasteiger charge is -2.38. The van der Waals surface area contributed by atoms with Crippen LogP contribution in [0, 0.1) is 20.8 Å². The normalized spacial score (nSPS) is 16.0. The molecule has 6 heteroatoms. The van der Waals surface area contributed by atoms with Gasteiger partial charge in [-0.05, 0) is 53.5 Å². The van der Waals surface area contributed by atoms with Gasteiger partial charge in [-0.1, -0.05) is 90.5 Å². The molecule has 1 fully saturated rings. The molecule has 0 aliphatic carbocycles. The van der Waals surface area contributed by atoms with Crippen molar-refractivity contribution in [2.75, 3.05) is 32.7 Å². The van der Waals surface area contributed by atoms with Crippen LogP contribution in [0.25, 0.3) is 11.8 Å². The molecule has 5 rings (SSSR count). The summed E-state index contributed by atoms with van der Waals surface area (Å²) < 4.78 is 1.95. The summed E-state index contributed by atoms with van der Waals surface area (Å²) >= 11 is 0. The molecule has 1 aliphatic heterocycles. The Morgan fingerprint density at radius 3 is 2.28 bits per heavy atom. The molecular formula is C30H34N6. The Bertz CT molecular complexity index is 1300. The topological polar surface area (TPSA) is 50.1 Å². The molecule has 1 saturated heterocycles. The van der Waals surface area contributed by atoms with Crippen LogP contribution in [0.2, 0.25) is 0 Å². The summed E-state index contributed by atoms with van der Waals surface area (Å²) in [6.07, 6.45) is 4.48. The summed E-state index contributed by atoms with van der Waals surface area (Å²) in [6, 6.07) is 25.6. The van der Waals surface area contributed by atoms with Crippen LogP contribution < -0.4 is 0 Å². The van der Waals surface area contributed by atoms with Gasteiger partial charge in [0, 0.05) is 32.7 Å². The summed E-state index contributed by atoms with van der Waals surface area (Å²) in [5.41, 5.74) is 7.12. The van der Waals surface area contributed by atoms with Crippen LogP contribution in [0.4, 0.5) is 0 Å². The average molecular weight is 479 g/mol. The molecule has 36 heavy (non-hydrogen) atoms. The largest absolute Gasteiger partial charge is 0.297 e. The van der Waals surface area contributed by atoms with E-state index in [0.29, 0.717) is 0 Å². The van der Waals surface area contributed by atoms with Gasteiger partial charge in [-0.25, -0.2) is 0 Å². The van der Waals surface area contributed by atoms with Crippen molar-refractivity contribution >= 4 is 6.08 Å². The lowest BCUT2D eigenvalue weighted by molar-refractivity contribution is 0.113. The van der Waals surface area contributed by atoms with Crippen LogP contribution in [0.15, 0.2) is 78.9 Å². The van der Waals surface area contributed by atoms with Crippen molar-refractivity contribution in [1.82, 2.24) is 30.0 Å². The van der Waals surface area contributed by atoms with E-state index < -0.39 is 0 Å². The third-order valence-corrected chi connectivity index (χ3v) is 6.99. The first-order chi connectivity index (χ1) is 17.6. The fraction of sp³-hybridized carbons (Fsp3) is 0.300. The van der Waals surface area contributed by atoms with Crippen LogP contribution in [0.3, 0.4) is 0 Å². The first kappa shape index (κ1) is 24.1. The first-order valence-corrected chi connectivity index (χ1v) is 12.7. The number of aromatic nitrogens is 4. The monoisotopic (exact) mass is 478 g/mol. The van der Waals surface area contributed by atoms with Gasteiger partial charge in [0.05, 0.1) is 11.7 Å². The van der Waals surface area contributed by atoms with Gasteiger partial charge in [0.2, 0.25) is 0 Å². The van der Waals surface area contributed by atoms with Gasteiger partial charge in [-0.3, -0.25) is 9.80 Å². The molecule has 4 aromatic rings. The predicted molar refractivity (Wildman–Crippen MR) is 145 cm³/mol. The molecule has 3 aromatic carbocycles. The van der Waals surface area contributed by atoms with E-state index in [-0.39, 0.29) is 6.04 Å². The van der Waals surface area contributed by atoms with Crippen molar-refractivity contribution < 1.29 is 0 Å². The lowest BCUT2D eigenvalue weighted by atomic mass is 10.0. The zero-order chi connectivity index (χ0) is 24.9. The fourth-order valence-corrected chi connectivity index (χ4v) is 5.13. The Balaban J connectivity index is 1.39. The van der Waals surface area contributed by atoms with E-state index in [0.717, 1.165) is 44.2 Å². The molecule has 0 radical (unpaired) electrons. The summed E-state index contributed by atoms with van der Waals surface area (Å²) in [4.78, 5) is 5.04. The number of rotatable bonds is 7. The second-order valence-electron chi connectivity index (χ2n) is 9.66. The van der Waals surface area contributed by atoms with Crippen molar-refractivity contribution in [1.29, 1.82) is 0 Å². The van der Waals surface area contributed by atoms with Crippen LogP contribution in [0.5, 0.6) is 0 Å². The van der Waals surface area contributed by atoms with E-state index in [9.17, 15) is 0 Å². The van der Waals surface area contributed by atoms with E-state index in [1.807, 2.05) is 4.68 Å². The molecule has 0 N–H and O–H groups in total. The van der Waals surface area contributed by atoms with Gasteiger partial charge in [-0.15, -0.1) is 5.10 Å². The Labute approximate surface area is 213 Å². The molecule has 0 spiro atoms. The summed E-state index contributed by atoms with van der Waals surface area (Å²) in [7, 11) is 0. The lowest BCUT2D eigenvalue weighted by Crippen LogP contribution is -2.48. The number of para-hydroxylation sites is 1.